The monoisotopic (exact) mass is 446 g/mol. The van der Waals surface area contributed by atoms with Crippen molar-refractivity contribution >= 4 is 21.9 Å². The number of halogens is 4. The van der Waals surface area contributed by atoms with Crippen molar-refractivity contribution in [2.45, 2.75) is 25.4 Å². The minimum atomic E-state index is -3.21. The van der Waals surface area contributed by atoms with Crippen LogP contribution in [0.3, 0.4) is 0 Å². The molecule has 1 aromatic heterocycles. The molecular formula is C16H14BrF3N4O3. The maximum absolute atomic E-state index is 14.2. The predicted octanol–water partition coefficient (Wildman–Crippen LogP) is 2.94. The van der Waals surface area contributed by atoms with Gasteiger partial charge in [-0.3, -0.25) is 4.68 Å². The van der Waals surface area contributed by atoms with E-state index in [-0.39, 0.29) is 18.2 Å². The Morgan fingerprint density at radius 3 is 2.78 bits per heavy atom. The molecule has 2 rings (SSSR count). The number of nitrogens with two attached hydrogens (primary N) is 1. The third-order valence-electron chi connectivity index (χ3n) is 3.62. The highest BCUT2D eigenvalue weighted by Gasteiger charge is 2.42. The number of hydrogen-bond acceptors (Lipinski definition) is 6. The summed E-state index contributed by atoms with van der Waals surface area (Å²) < 4.78 is 52.4. The van der Waals surface area contributed by atoms with E-state index in [2.05, 4.69) is 25.8 Å². The van der Waals surface area contributed by atoms with Crippen LogP contribution in [0.4, 0.5) is 13.2 Å². The summed E-state index contributed by atoms with van der Waals surface area (Å²) in [6.07, 6.45) is -1.85. The molecule has 144 valence electrons. The zero-order chi connectivity index (χ0) is 20.2. The number of carbonyl (C=O) groups excluding carboxylic acids is 1. The first-order valence-corrected chi connectivity index (χ1v) is 8.35. The van der Waals surface area contributed by atoms with Crippen LogP contribution in [-0.2, 0) is 16.8 Å². The molecule has 0 radical (unpaired) electrons. The first-order chi connectivity index (χ1) is 12.7. The Hall–Kier alpha value is -2.58. The summed E-state index contributed by atoms with van der Waals surface area (Å²) in [7, 11) is 0. The molecule has 0 spiro atoms. The number of esters is 1. The number of aromatic nitrogens is 2. The summed E-state index contributed by atoms with van der Waals surface area (Å²) in [6, 6.07) is 4.50. The lowest BCUT2D eigenvalue weighted by Gasteiger charge is -2.30. The molecule has 2 N–H and O–H groups in total. The molecule has 0 bridgehead atoms. The number of carbonyl (C=O) groups is 1. The van der Waals surface area contributed by atoms with E-state index in [1.54, 1.807) is 6.92 Å². The molecular weight excluding hydrogens is 433 g/mol. The first kappa shape index (κ1) is 20.7. The number of benzene rings is 1. The quantitative estimate of drug-likeness (QED) is 0.517. The van der Waals surface area contributed by atoms with Crippen LogP contribution >= 0.6 is 15.9 Å². The Balaban J connectivity index is 2.54. The van der Waals surface area contributed by atoms with Gasteiger partial charge in [0, 0.05) is 16.1 Å². The van der Waals surface area contributed by atoms with E-state index in [9.17, 15) is 18.0 Å². The smallest absolute Gasteiger partial charge is 0.356 e. The molecule has 0 aliphatic carbocycles. The zero-order valence-corrected chi connectivity index (χ0v) is 15.5. The number of nitriles is 1. The summed E-state index contributed by atoms with van der Waals surface area (Å²) in [5, 5.41) is 12.4. The molecule has 0 aliphatic rings. The van der Waals surface area contributed by atoms with Gasteiger partial charge in [0.25, 0.3) is 18.6 Å². The third kappa shape index (κ3) is 4.40. The molecule has 0 amide bonds. The molecule has 0 saturated carbocycles. The molecule has 2 aromatic rings. The highest BCUT2D eigenvalue weighted by molar-refractivity contribution is 9.10. The van der Waals surface area contributed by atoms with E-state index in [0.717, 1.165) is 22.9 Å². The molecule has 11 heteroatoms. The number of rotatable bonds is 7. The van der Waals surface area contributed by atoms with Gasteiger partial charge in [-0.1, -0.05) is 15.9 Å². The highest BCUT2D eigenvalue weighted by Crippen LogP contribution is 2.32. The van der Waals surface area contributed by atoms with E-state index in [1.165, 1.54) is 12.3 Å². The normalized spacial score (nSPS) is 13.1. The predicted molar refractivity (Wildman–Crippen MR) is 90.4 cm³/mol. The van der Waals surface area contributed by atoms with Gasteiger partial charge in [-0.05, 0) is 25.1 Å². The number of alkyl halides is 2. The van der Waals surface area contributed by atoms with Crippen molar-refractivity contribution < 1.29 is 27.4 Å². The maximum atomic E-state index is 14.2. The minimum Gasteiger partial charge on any atom is -0.461 e. The van der Waals surface area contributed by atoms with E-state index in [1.807, 2.05) is 0 Å². The number of ether oxygens (including phenoxy) is 2. The van der Waals surface area contributed by atoms with Crippen molar-refractivity contribution in [3.8, 4) is 12.1 Å². The van der Waals surface area contributed by atoms with E-state index in [4.69, 9.17) is 15.7 Å². The average Bonchev–Trinajstić information content (AvgIpc) is 2.99. The van der Waals surface area contributed by atoms with Gasteiger partial charge in [0.1, 0.15) is 11.4 Å². The molecule has 1 aromatic carbocycles. The summed E-state index contributed by atoms with van der Waals surface area (Å²) in [5.41, 5.74) is 2.60. The van der Waals surface area contributed by atoms with Crippen molar-refractivity contribution in [2.75, 3.05) is 6.61 Å². The van der Waals surface area contributed by atoms with Gasteiger partial charge in [0.15, 0.2) is 5.69 Å². The van der Waals surface area contributed by atoms with Crippen molar-refractivity contribution in [3.05, 3.63) is 45.8 Å². The van der Waals surface area contributed by atoms with E-state index < -0.39 is 35.9 Å². The highest BCUT2D eigenvalue weighted by atomic mass is 79.9. The molecule has 7 nitrogen and oxygen atoms in total. The van der Waals surface area contributed by atoms with Crippen LogP contribution < -0.4 is 10.5 Å². The second kappa shape index (κ2) is 8.41. The van der Waals surface area contributed by atoms with Gasteiger partial charge in [-0.2, -0.15) is 0 Å². The maximum Gasteiger partial charge on any atom is 0.356 e. The average molecular weight is 447 g/mol. The topological polar surface area (TPSA) is 103 Å². The fourth-order valence-corrected chi connectivity index (χ4v) is 2.71. The molecule has 0 aliphatic heterocycles. The molecule has 1 unspecified atom stereocenters. The fraction of sp³-hybridized carbons (Fsp3) is 0.312. The SMILES string of the molecule is CCOC(=O)c1cc(OC#N)nn1CC(N)(c1cc(Br)ccc1F)C(F)F. The number of nitrogens with zero attached hydrogens (tertiary/aromatic N) is 3. The second-order valence-electron chi connectivity index (χ2n) is 5.40. The molecule has 0 saturated heterocycles. The van der Waals surface area contributed by atoms with Crippen LogP contribution in [0.15, 0.2) is 28.7 Å². The van der Waals surface area contributed by atoms with Gasteiger partial charge < -0.3 is 15.2 Å². The summed E-state index contributed by atoms with van der Waals surface area (Å²) in [5.74, 6) is -2.14. The van der Waals surface area contributed by atoms with Crippen LogP contribution in [-0.4, -0.2) is 28.8 Å². The Morgan fingerprint density at radius 2 is 2.19 bits per heavy atom. The van der Waals surface area contributed by atoms with Crippen LogP contribution in [0.2, 0.25) is 0 Å². The molecule has 0 fully saturated rings. The zero-order valence-electron chi connectivity index (χ0n) is 14.0. The van der Waals surface area contributed by atoms with Gasteiger partial charge in [0.2, 0.25) is 0 Å². The second-order valence-corrected chi connectivity index (χ2v) is 6.32. The minimum absolute atomic E-state index is 0.0152. The van der Waals surface area contributed by atoms with Crippen molar-refractivity contribution in [1.29, 1.82) is 5.26 Å². The lowest BCUT2D eigenvalue weighted by atomic mass is 9.90. The molecule has 1 heterocycles. The fourth-order valence-electron chi connectivity index (χ4n) is 2.35. The Kier molecular flexibility index (Phi) is 6.45. The lowest BCUT2D eigenvalue weighted by Crippen LogP contribution is -2.49. The standard InChI is InChI=1S/C16H14BrF3N4O3/c1-2-26-14(25)12-6-13(27-8-21)23-24(12)7-16(22,15(19)20)10-5-9(17)3-4-11(10)18/h3-6,15H,2,7,22H2,1H3. The molecule has 1 atom stereocenters. The third-order valence-corrected chi connectivity index (χ3v) is 4.12. The van der Waals surface area contributed by atoms with Crippen molar-refractivity contribution in [2.24, 2.45) is 5.73 Å². The van der Waals surface area contributed by atoms with Crippen LogP contribution in [0.1, 0.15) is 23.0 Å². The largest absolute Gasteiger partial charge is 0.461 e. The van der Waals surface area contributed by atoms with Crippen LogP contribution in [0.25, 0.3) is 0 Å². The lowest BCUT2D eigenvalue weighted by molar-refractivity contribution is 0.0335. The summed E-state index contributed by atoms with van der Waals surface area (Å²) >= 11 is 3.09. The number of hydrogen-bond donors (Lipinski definition) is 1. The van der Waals surface area contributed by atoms with Crippen LogP contribution in [0, 0.1) is 17.3 Å². The first-order valence-electron chi connectivity index (χ1n) is 7.56. The Bertz CT molecular complexity index is 884. The summed E-state index contributed by atoms with van der Waals surface area (Å²) in [4.78, 5) is 12.1. The Labute approximate surface area is 160 Å². The van der Waals surface area contributed by atoms with Crippen LogP contribution in [0.5, 0.6) is 5.88 Å². The summed E-state index contributed by atoms with van der Waals surface area (Å²) in [6.45, 7) is 0.789. The van der Waals surface area contributed by atoms with Gasteiger partial charge in [-0.25, -0.2) is 18.0 Å². The van der Waals surface area contributed by atoms with Crippen molar-refractivity contribution in [1.82, 2.24) is 9.78 Å². The van der Waals surface area contributed by atoms with Gasteiger partial charge in [0.05, 0.1) is 13.2 Å². The van der Waals surface area contributed by atoms with E-state index in [0.29, 0.717) is 4.47 Å². The Morgan fingerprint density at radius 1 is 1.48 bits per heavy atom. The van der Waals surface area contributed by atoms with Gasteiger partial charge >= 0.3 is 5.97 Å². The van der Waals surface area contributed by atoms with E-state index >= 15 is 0 Å². The molecule has 27 heavy (non-hydrogen) atoms. The van der Waals surface area contributed by atoms with Crippen molar-refractivity contribution in [3.63, 3.8) is 0 Å². The van der Waals surface area contributed by atoms with Gasteiger partial charge in [-0.15, -0.1) is 10.4 Å².